The predicted molar refractivity (Wildman–Crippen MR) is 111 cm³/mol. The third-order valence-corrected chi connectivity index (χ3v) is 5.54. The second-order valence-electron chi connectivity index (χ2n) is 7.12. The van der Waals surface area contributed by atoms with Crippen molar-refractivity contribution in [2.75, 3.05) is 30.1 Å². The smallest absolute Gasteiger partial charge is 0.243 e. The molecule has 4 rings (SSSR count). The van der Waals surface area contributed by atoms with E-state index >= 15 is 0 Å². The summed E-state index contributed by atoms with van der Waals surface area (Å²) >= 11 is 6.05. The zero-order valence-corrected chi connectivity index (χ0v) is 17.0. The number of nitrogens with zero attached hydrogens (tertiary/aromatic N) is 1. The third kappa shape index (κ3) is 4.04. The van der Waals surface area contributed by atoms with Gasteiger partial charge in [-0.1, -0.05) is 17.7 Å². The van der Waals surface area contributed by atoms with Crippen LogP contribution in [0.1, 0.15) is 12.0 Å². The van der Waals surface area contributed by atoms with Gasteiger partial charge in [0.1, 0.15) is 0 Å². The third-order valence-electron chi connectivity index (χ3n) is 5.13. The van der Waals surface area contributed by atoms with Gasteiger partial charge in [0.05, 0.1) is 12.5 Å². The Balaban J connectivity index is 1.32. The maximum atomic E-state index is 12.5. The molecule has 30 heavy (non-hydrogen) atoms. The maximum Gasteiger partial charge on any atom is 0.243 e. The van der Waals surface area contributed by atoms with E-state index in [1.54, 1.807) is 48.2 Å². The summed E-state index contributed by atoms with van der Waals surface area (Å²) < 4.78 is 10.6. The Morgan fingerprint density at radius 3 is 2.83 bits per heavy atom. The van der Waals surface area contributed by atoms with Crippen LogP contribution < -0.4 is 25.0 Å². The number of ether oxygens (including phenoxy) is 2. The zero-order valence-electron chi connectivity index (χ0n) is 16.2. The van der Waals surface area contributed by atoms with E-state index < -0.39 is 5.92 Å². The van der Waals surface area contributed by atoms with E-state index in [0.717, 1.165) is 5.56 Å². The van der Waals surface area contributed by atoms with Crippen LogP contribution in [-0.2, 0) is 14.4 Å². The lowest BCUT2D eigenvalue weighted by Gasteiger charge is -2.17. The average Bonchev–Trinajstić information content (AvgIpc) is 3.35. The van der Waals surface area contributed by atoms with E-state index in [4.69, 9.17) is 21.1 Å². The number of anilines is 2. The lowest BCUT2D eigenvalue weighted by molar-refractivity contribution is -0.127. The minimum atomic E-state index is -0.538. The first kappa shape index (κ1) is 20.0. The molecule has 0 spiro atoms. The van der Waals surface area contributed by atoms with Crippen molar-refractivity contribution >= 4 is 40.7 Å². The highest BCUT2D eigenvalue weighted by Gasteiger charge is 2.35. The van der Waals surface area contributed by atoms with Crippen LogP contribution in [0, 0.1) is 12.8 Å². The quantitative estimate of drug-likeness (QED) is 0.761. The summed E-state index contributed by atoms with van der Waals surface area (Å²) in [5, 5.41) is 5.87. The number of benzene rings is 2. The number of nitrogens with one attached hydrogen (secondary N) is 2. The number of rotatable bonds is 5. The van der Waals surface area contributed by atoms with Crippen LogP contribution in [0.3, 0.4) is 0 Å². The van der Waals surface area contributed by atoms with E-state index in [1.165, 1.54) is 0 Å². The summed E-state index contributed by atoms with van der Waals surface area (Å²) in [6, 6.07) is 10.4. The Labute approximate surface area is 178 Å². The van der Waals surface area contributed by atoms with Gasteiger partial charge in [0.25, 0.3) is 0 Å². The average molecular weight is 430 g/mol. The van der Waals surface area contributed by atoms with Gasteiger partial charge >= 0.3 is 0 Å². The first-order chi connectivity index (χ1) is 14.4. The molecule has 9 heteroatoms. The van der Waals surface area contributed by atoms with Gasteiger partial charge in [0.15, 0.2) is 11.5 Å². The molecule has 3 amide bonds. The lowest BCUT2D eigenvalue weighted by atomic mass is 10.1. The van der Waals surface area contributed by atoms with Crippen molar-refractivity contribution in [3.05, 3.63) is 47.0 Å². The molecule has 0 bridgehead atoms. The van der Waals surface area contributed by atoms with Gasteiger partial charge in [-0.05, 0) is 36.8 Å². The molecule has 2 N–H and O–H groups in total. The van der Waals surface area contributed by atoms with E-state index in [0.29, 0.717) is 27.9 Å². The molecule has 2 aromatic carbocycles. The van der Waals surface area contributed by atoms with E-state index in [-0.39, 0.29) is 44.0 Å². The highest BCUT2D eigenvalue weighted by atomic mass is 35.5. The second kappa shape index (κ2) is 8.23. The summed E-state index contributed by atoms with van der Waals surface area (Å²) in [7, 11) is 0. The van der Waals surface area contributed by atoms with Crippen molar-refractivity contribution in [3.63, 3.8) is 0 Å². The van der Waals surface area contributed by atoms with Gasteiger partial charge in [-0.25, -0.2) is 0 Å². The Morgan fingerprint density at radius 1 is 1.20 bits per heavy atom. The van der Waals surface area contributed by atoms with Crippen molar-refractivity contribution in [1.29, 1.82) is 0 Å². The van der Waals surface area contributed by atoms with Crippen molar-refractivity contribution < 1.29 is 23.9 Å². The number of carbonyl (C=O) groups is 3. The van der Waals surface area contributed by atoms with Crippen molar-refractivity contribution in [2.45, 2.75) is 13.3 Å². The molecule has 1 fully saturated rings. The van der Waals surface area contributed by atoms with E-state index in [2.05, 4.69) is 10.6 Å². The van der Waals surface area contributed by atoms with Crippen LogP contribution in [0.15, 0.2) is 36.4 Å². The van der Waals surface area contributed by atoms with Crippen molar-refractivity contribution in [2.24, 2.45) is 5.92 Å². The zero-order chi connectivity index (χ0) is 21.3. The molecule has 0 radical (unpaired) electrons. The highest BCUT2D eigenvalue weighted by molar-refractivity contribution is 6.31. The normalized spacial score (nSPS) is 17.2. The van der Waals surface area contributed by atoms with Crippen molar-refractivity contribution in [3.8, 4) is 11.5 Å². The van der Waals surface area contributed by atoms with Crippen LogP contribution in [0.2, 0.25) is 5.02 Å². The van der Waals surface area contributed by atoms with Gasteiger partial charge in [0.2, 0.25) is 24.5 Å². The number of carbonyl (C=O) groups excluding carboxylic acids is 3. The van der Waals surface area contributed by atoms with Gasteiger partial charge < -0.3 is 25.0 Å². The Bertz CT molecular complexity index is 1030. The fourth-order valence-corrected chi connectivity index (χ4v) is 3.61. The second-order valence-corrected chi connectivity index (χ2v) is 7.53. The van der Waals surface area contributed by atoms with Crippen LogP contribution in [-0.4, -0.2) is 37.6 Å². The van der Waals surface area contributed by atoms with Gasteiger partial charge in [-0.2, -0.15) is 0 Å². The molecule has 2 aliphatic rings. The number of fused-ring (bicyclic) bond motifs is 1. The topological polar surface area (TPSA) is 97.0 Å². The Hall–Kier alpha value is -3.26. The SMILES string of the molecule is Cc1c(Cl)cccc1NC(=O)CNC(=O)[C@H]1CC(=O)N(c2ccc3c(c2)OCO3)C1. The minimum Gasteiger partial charge on any atom is -0.454 e. The number of halogens is 1. The summed E-state index contributed by atoms with van der Waals surface area (Å²) in [4.78, 5) is 38.6. The molecule has 2 aromatic rings. The Morgan fingerprint density at radius 2 is 2.00 bits per heavy atom. The molecule has 0 aromatic heterocycles. The number of hydrogen-bond acceptors (Lipinski definition) is 5. The molecule has 0 aliphatic carbocycles. The van der Waals surface area contributed by atoms with Crippen LogP contribution >= 0.6 is 11.6 Å². The van der Waals surface area contributed by atoms with Crippen molar-refractivity contribution in [1.82, 2.24) is 5.32 Å². The molecule has 2 heterocycles. The van der Waals surface area contributed by atoms with Gasteiger partial charge in [-0.15, -0.1) is 0 Å². The monoisotopic (exact) mass is 429 g/mol. The number of hydrogen-bond donors (Lipinski definition) is 2. The van der Waals surface area contributed by atoms with E-state index in [9.17, 15) is 14.4 Å². The molecular formula is C21H20ClN3O5. The molecule has 2 aliphatic heterocycles. The summed E-state index contributed by atoms with van der Waals surface area (Å²) in [5.74, 6) is -0.214. The lowest BCUT2D eigenvalue weighted by Crippen LogP contribution is -2.38. The number of amides is 3. The molecule has 1 atom stereocenters. The maximum absolute atomic E-state index is 12.5. The molecule has 156 valence electrons. The molecular weight excluding hydrogens is 410 g/mol. The fraction of sp³-hybridized carbons (Fsp3) is 0.286. The van der Waals surface area contributed by atoms with Gasteiger partial charge in [0, 0.05) is 35.4 Å². The van der Waals surface area contributed by atoms with Crippen LogP contribution in [0.4, 0.5) is 11.4 Å². The van der Waals surface area contributed by atoms with Crippen LogP contribution in [0.5, 0.6) is 11.5 Å². The first-order valence-corrected chi connectivity index (χ1v) is 9.83. The Kier molecular flexibility index (Phi) is 5.50. The largest absolute Gasteiger partial charge is 0.454 e. The summed E-state index contributed by atoms with van der Waals surface area (Å²) in [5.41, 5.74) is 1.99. The van der Waals surface area contributed by atoms with Crippen LogP contribution in [0.25, 0.3) is 0 Å². The predicted octanol–water partition coefficient (Wildman–Crippen LogP) is 2.48. The molecule has 8 nitrogen and oxygen atoms in total. The molecule has 0 saturated carbocycles. The molecule has 1 saturated heterocycles. The summed E-state index contributed by atoms with van der Waals surface area (Å²) in [6.07, 6.45) is 0.0787. The standard InChI is InChI=1S/C21H20ClN3O5/c1-12-15(22)3-2-4-16(12)24-19(26)9-23-21(28)13-7-20(27)25(10-13)14-5-6-17-18(8-14)30-11-29-17/h2-6,8,13H,7,9-11H2,1H3,(H,23,28)(H,24,26)/t13-/m0/s1. The first-order valence-electron chi connectivity index (χ1n) is 9.45. The fourth-order valence-electron chi connectivity index (χ4n) is 3.43. The highest BCUT2D eigenvalue weighted by Crippen LogP contribution is 2.37. The minimum absolute atomic E-state index is 0.0787. The van der Waals surface area contributed by atoms with E-state index in [1.807, 2.05) is 0 Å². The summed E-state index contributed by atoms with van der Waals surface area (Å²) in [6.45, 7) is 1.98. The molecule has 0 unspecified atom stereocenters. The van der Waals surface area contributed by atoms with Gasteiger partial charge in [-0.3, -0.25) is 14.4 Å².